The van der Waals surface area contributed by atoms with Crippen molar-refractivity contribution in [3.05, 3.63) is 71.5 Å². The summed E-state index contributed by atoms with van der Waals surface area (Å²) in [6.07, 6.45) is 2.28. The Morgan fingerprint density at radius 3 is 2.30 bits per heavy atom. The zero-order valence-electron chi connectivity index (χ0n) is 11.1. The standard InChI is InChI=1S/C17H16FNO/c18-15-10-8-14(9-11-15)17(20)19-16(13-6-7-13)12-4-2-1-3-5-12/h1-5,8-11,13,16H,6-7H2,(H,19,20)/t16-/m1/s1. The van der Waals surface area contributed by atoms with E-state index in [4.69, 9.17) is 0 Å². The second kappa shape index (κ2) is 5.45. The molecule has 1 fully saturated rings. The van der Waals surface area contributed by atoms with E-state index < -0.39 is 0 Å². The fourth-order valence-corrected chi connectivity index (χ4v) is 2.39. The molecule has 1 aliphatic carbocycles. The van der Waals surface area contributed by atoms with Gasteiger partial charge in [0.05, 0.1) is 6.04 Å². The Morgan fingerprint density at radius 2 is 1.70 bits per heavy atom. The third-order valence-electron chi connectivity index (χ3n) is 3.65. The van der Waals surface area contributed by atoms with Crippen molar-refractivity contribution in [3.8, 4) is 0 Å². The number of hydrogen-bond donors (Lipinski definition) is 1. The van der Waals surface area contributed by atoms with Gasteiger partial charge in [0.25, 0.3) is 5.91 Å². The van der Waals surface area contributed by atoms with Crippen LogP contribution in [0.3, 0.4) is 0 Å². The molecule has 0 spiro atoms. The molecular weight excluding hydrogens is 253 g/mol. The van der Waals surface area contributed by atoms with Crippen LogP contribution in [0.15, 0.2) is 54.6 Å². The second-order valence-corrected chi connectivity index (χ2v) is 5.21. The Hall–Kier alpha value is -2.16. The summed E-state index contributed by atoms with van der Waals surface area (Å²) in [4.78, 5) is 12.2. The first-order chi connectivity index (χ1) is 9.74. The maximum absolute atomic E-state index is 12.9. The quantitative estimate of drug-likeness (QED) is 0.900. The summed E-state index contributed by atoms with van der Waals surface area (Å²) in [7, 11) is 0. The Morgan fingerprint density at radius 1 is 1.05 bits per heavy atom. The highest BCUT2D eigenvalue weighted by atomic mass is 19.1. The number of amides is 1. The SMILES string of the molecule is O=C(N[C@H](c1ccccc1)C1CC1)c1ccc(F)cc1. The molecule has 0 saturated heterocycles. The lowest BCUT2D eigenvalue weighted by Gasteiger charge is -2.18. The van der Waals surface area contributed by atoms with Crippen LogP contribution in [-0.4, -0.2) is 5.91 Å². The average molecular weight is 269 g/mol. The summed E-state index contributed by atoms with van der Waals surface area (Å²) in [5.74, 6) is 0.0379. The average Bonchev–Trinajstić information content (AvgIpc) is 3.31. The largest absolute Gasteiger partial charge is 0.345 e. The van der Waals surface area contributed by atoms with Crippen LogP contribution in [0.1, 0.15) is 34.8 Å². The van der Waals surface area contributed by atoms with Gasteiger partial charge in [0.1, 0.15) is 5.82 Å². The molecule has 2 aromatic carbocycles. The van der Waals surface area contributed by atoms with Gasteiger partial charge in [-0.2, -0.15) is 0 Å². The zero-order chi connectivity index (χ0) is 13.9. The molecule has 1 N–H and O–H groups in total. The van der Waals surface area contributed by atoms with Gasteiger partial charge in [-0.25, -0.2) is 4.39 Å². The minimum absolute atomic E-state index is 0.0498. The first-order valence-corrected chi connectivity index (χ1v) is 6.85. The third kappa shape index (κ3) is 2.87. The predicted octanol–water partition coefficient (Wildman–Crippen LogP) is 3.71. The fraction of sp³-hybridized carbons (Fsp3) is 0.235. The zero-order valence-corrected chi connectivity index (χ0v) is 11.1. The Bertz CT molecular complexity index is 590. The van der Waals surface area contributed by atoms with Crippen LogP contribution in [0.25, 0.3) is 0 Å². The van der Waals surface area contributed by atoms with Crippen LogP contribution < -0.4 is 5.32 Å². The number of nitrogens with one attached hydrogen (secondary N) is 1. The normalized spacial score (nSPS) is 15.7. The molecule has 3 heteroatoms. The molecule has 0 radical (unpaired) electrons. The van der Waals surface area contributed by atoms with E-state index in [0.29, 0.717) is 11.5 Å². The number of benzene rings is 2. The van der Waals surface area contributed by atoms with E-state index in [1.54, 1.807) is 0 Å². The fourth-order valence-electron chi connectivity index (χ4n) is 2.39. The number of rotatable bonds is 4. The molecule has 1 atom stereocenters. The molecule has 0 unspecified atom stereocenters. The Balaban J connectivity index is 1.77. The van der Waals surface area contributed by atoms with Gasteiger partial charge in [-0.15, -0.1) is 0 Å². The van der Waals surface area contributed by atoms with Crippen molar-refractivity contribution >= 4 is 5.91 Å². The molecular formula is C17H16FNO. The number of hydrogen-bond acceptors (Lipinski definition) is 1. The highest BCUT2D eigenvalue weighted by molar-refractivity contribution is 5.94. The van der Waals surface area contributed by atoms with Crippen LogP contribution in [0.5, 0.6) is 0 Å². The number of carbonyl (C=O) groups excluding carboxylic acids is 1. The predicted molar refractivity (Wildman–Crippen MR) is 75.8 cm³/mol. The first kappa shape index (κ1) is 12.9. The molecule has 0 aliphatic heterocycles. The number of carbonyl (C=O) groups is 1. The second-order valence-electron chi connectivity index (χ2n) is 5.21. The van der Waals surface area contributed by atoms with E-state index in [1.165, 1.54) is 24.3 Å². The van der Waals surface area contributed by atoms with E-state index >= 15 is 0 Å². The molecule has 0 aromatic heterocycles. The highest BCUT2D eigenvalue weighted by Gasteiger charge is 2.33. The maximum Gasteiger partial charge on any atom is 0.251 e. The van der Waals surface area contributed by atoms with Crippen LogP contribution in [0.4, 0.5) is 4.39 Å². The summed E-state index contributed by atoms with van der Waals surface area (Å²) in [5.41, 5.74) is 1.62. The Labute approximate surface area is 117 Å². The van der Waals surface area contributed by atoms with Gasteiger partial charge in [0, 0.05) is 5.56 Å². The van der Waals surface area contributed by atoms with Crippen LogP contribution in [0.2, 0.25) is 0 Å². The van der Waals surface area contributed by atoms with Crippen molar-refractivity contribution in [2.45, 2.75) is 18.9 Å². The van der Waals surface area contributed by atoms with Gasteiger partial charge in [-0.1, -0.05) is 30.3 Å². The van der Waals surface area contributed by atoms with Crippen LogP contribution >= 0.6 is 0 Å². The summed E-state index contributed by atoms with van der Waals surface area (Å²) in [6, 6.07) is 15.7. The van der Waals surface area contributed by atoms with Crippen molar-refractivity contribution in [3.63, 3.8) is 0 Å². The van der Waals surface area contributed by atoms with Gasteiger partial charge in [0.2, 0.25) is 0 Å². The van der Waals surface area contributed by atoms with Crippen molar-refractivity contribution in [2.75, 3.05) is 0 Å². The lowest BCUT2D eigenvalue weighted by molar-refractivity contribution is 0.0931. The molecule has 1 saturated carbocycles. The van der Waals surface area contributed by atoms with Gasteiger partial charge in [-0.3, -0.25) is 4.79 Å². The van der Waals surface area contributed by atoms with Crippen molar-refractivity contribution in [1.29, 1.82) is 0 Å². The minimum Gasteiger partial charge on any atom is -0.345 e. The van der Waals surface area contributed by atoms with Crippen molar-refractivity contribution in [1.82, 2.24) is 5.32 Å². The van der Waals surface area contributed by atoms with Crippen molar-refractivity contribution < 1.29 is 9.18 Å². The van der Waals surface area contributed by atoms with E-state index in [0.717, 1.165) is 18.4 Å². The van der Waals surface area contributed by atoms with E-state index in [1.807, 2.05) is 30.3 Å². The van der Waals surface area contributed by atoms with Gasteiger partial charge in [-0.05, 0) is 48.6 Å². The maximum atomic E-state index is 12.9. The molecule has 20 heavy (non-hydrogen) atoms. The topological polar surface area (TPSA) is 29.1 Å². The first-order valence-electron chi connectivity index (χ1n) is 6.85. The molecule has 0 bridgehead atoms. The monoisotopic (exact) mass is 269 g/mol. The number of halogens is 1. The van der Waals surface area contributed by atoms with E-state index in [2.05, 4.69) is 5.32 Å². The van der Waals surface area contributed by atoms with Gasteiger partial charge >= 0.3 is 0 Å². The van der Waals surface area contributed by atoms with Crippen LogP contribution in [0, 0.1) is 11.7 Å². The van der Waals surface area contributed by atoms with Gasteiger partial charge in [0.15, 0.2) is 0 Å². The smallest absolute Gasteiger partial charge is 0.251 e. The minimum atomic E-state index is -0.330. The molecule has 1 aliphatic rings. The van der Waals surface area contributed by atoms with Gasteiger partial charge < -0.3 is 5.32 Å². The lowest BCUT2D eigenvalue weighted by Crippen LogP contribution is -2.29. The van der Waals surface area contributed by atoms with Crippen LogP contribution in [-0.2, 0) is 0 Å². The molecule has 0 heterocycles. The molecule has 1 amide bonds. The molecule has 102 valence electrons. The van der Waals surface area contributed by atoms with E-state index in [9.17, 15) is 9.18 Å². The lowest BCUT2D eigenvalue weighted by atomic mass is 10.0. The summed E-state index contributed by atoms with van der Waals surface area (Å²) in [5, 5.41) is 3.07. The summed E-state index contributed by atoms with van der Waals surface area (Å²) >= 11 is 0. The van der Waals surface area contributed by atoms with E-state index in [-0.39, 0.29) is 17.8 Å². The summed E-state index contributed by atoms with van der Waals surface area (Å²) < 4.78 is 12.9. The highest BCUT2D eigenvalue weighted by Crippen LogP contribution is 2.41. The third-order valence-corrected chi connectivity index (χ3v) is 3.65. The Kier molecular flexibility index (Phi) is 3.50. The van der Waals surface area contributed by atoms with Crippen molar-refractivity contribution in [2.24, 2.45) is 5.92 Å². The molecule has 3 rings (SSSR count). The molecule has 2 nitrogen and oxygen atoms in total. The summed E-state index contributed by atoms with van der Waals surface area (Å²) in [6.45, 7) is 0. The molecule has 2 aromatic rings.